The maximum absolute atomic E-state index is 12.9. The summed E-state index contributed by atoms with van der Waals surface area (Å²) >= 11 is 3.33. The summed E-state index contributed by atoms with van der Waals surface area (Å²) in [5.41, 5.74) is 1.04. The van der Waals surface area contributed by atoms with Gasteiger partial charge in [0.25, 0.3) is 11.8 Å². The number of halogens is 1. The van der Waals surface area contributed by atoms with Crippen LogP contribution in [-0.4, -0.2) is 48.0 Å². The van der Waals surface area contributed by atoms with Crippen LogP contribution in [0.15, 0.2) is 63.3 Å². The number of fused-ring (bicyclic) bond motifs is 1. The van der Waals surface area contributed by atoms with E-state index in [1.807, 2.05) is 6.92 Å². The number of ether oxygens (including phenoxy) is 1. The number of imide groups is 1. The van der Waals surface area contributed by atoms with Gasteiger partial charge in [-0.1, -0.05) is 21.2 Å². The highest BCUT2D eigenvalue weighted by molar-refractivity contribution is 9.10. The molecule has 2 aromatic rings. The van der Waals surface area contributed by atoms with Crippen LogP contribution in [0, 0.1) is 0 Å². The Labute approximate surface area is 180 Å². The SMILES string of the molecule is CCOc1ccc(NC(=O)CN2N=N[C@H]3C(=O)N(c4ccc(Br)cc4)C(=O)[C@H]32)cc1. The topological polar surface area (TPSA) is 104 Å². The molecule has 1 saturated heterocycles. The largest absolute Gasteiger partial charge is 0.494 e. The van der Waals surface area contributed by atoms with Crippen molar-refractivity contribution >= 4 is 45.0 Å². The number of hydrogen-bond acceptors (Lipinski definition) is 7. The molecule has 0 saturated carbocycles. The molecule has 0 aliphatic carbocycles. The molecule has 2 aromatic carbocycles. The molecule has 2 aliphatic rings. The minimum atomic E-state index is -0.945. The standard InChI is InChI=1S/C20H18BrN5O4/c1-2-30-15-9-5-13(6-10-15)22-16(27)11-25-18-17(23-24-25)19(28)26(20(18)29)14-7-3-12(21)4-8-14/h3-10,17-18H,2,11H2,1H3,(H,22,27)/t17-,18+/m1/s1. The van der Waals surface area contributed by atoms with Gasteiger partial charge in [-0.3, -0.25) is 19.4 Å². The third-order valence-corrected chi connectivity index (χ3v) is 5.23. The van der Waals surface area contributed by atoms with Crippen molar-refractivity contribution in [3.8, 4) is 5.75 Å². The van der Waals surface area contributed by atoms with E-state index in [2.05, 4.69) is 31.6 Å². The van der Waals surface area contributed by atoms with Crippen LogP contribution >= 0.6 is 15.9 Å². The molecule has 10 heteroatoms. The molecule has 3 amide bonds. The molecule has 0 radical (unpaired) electrons. The van der Waals surface area contributed by atoms with Gasteiger partial charge in [-0.05, 0) is 55.5 Å². The summed E-state index contributed by atoms with van der Waals surface area (Å²) in [7, 11) is 0. The first-order valence-corrected chi connectivity index (χ1v) is 10.1. The van der Waals surface area contributed by atoms with E-state index in [0.29, 0.717) is 23.7 Å². The van der Waals surface area contributed by atoms with Gasteiger partial charge in [0.05, 0.1) is 12.3 Å². The average Bonchev–Trinajstić information content (AvgIpc) is 3.24. The molecule has 2 aliphatic heterocycles. The number of amides is 3. The Hall–Kier alpha value is -3.27. The highest BCUT2D eigenvalue weighted by atomic mass is 79.9. The van der Waals surface area contributed by atoms with Crippen molar-refractivity contribution in [3.05, 3.63) is 53.0 Å². The lowest BCUT2D eigenvalue weighted by atomic mass is 10.1. The fourth-order valence-electron chi connectivity index (χ4n) is 3.35. The van der Waals surface area contributed by atoms with Crippen molar-refractivity contribution in [1.82, 2.24) is 5.01 Å². The molecule has 0 unspecified atom stereocenters. The predicted molar refractivity (Wildman–Crippen MR) is 112 cm³/mol. The maximum Gasteiger partial charge on any atom is 0.263 e. The number of nitrogens with zero attached hydrogens (tertiary/aromatic N) is 4. The third kappa shape index (κ3) is 3.78. The van der Waals surface area contributed by atoms with Crippen LogP contribution < -0.4 is 15.0 Å². The second-order valence-corrected chi connectivity index (χ2v) is 7.60. The quantitative estimate of drug-likeness (QED) is 0.652. The zero-order chi connectivity index (χ0) is 21.3. The minimum Gasteiger partial charge on any atom is -0.494 e. The van der Waals surface area contributed by atoms with Crippen LogP contribution in [0.3, 0.4) is 0 Å². The molecule has 30 heavy (non-hydrogen) atoms. The van der Waals surface area contributed by atoms with E-state index in [1.54, 1.807) is 48.5 Å². The summed E-state index contributed by atoms with van der Waals surface area (Å²) in [5, 5.41) is 11.8. The maximum atomic E-state index is 12.9. The van der Waals surface area contributed by atoms with E-state index in [9.17, 15) is 14.4 Å². The first kappa shape index (κ1) is 20.0. The summed E-state index contributed by atoms with van der Waals surface area (Å²) in [6, 6.07) is 11.9. The Balaban J connectivity index is 1.43. The summed E-state index contributed by atoms with van der Waals surface area (Å²) in [6.45, 7) is 2.24. The molecule has 0 spiro atoms. The van der Waals surface area contributed by atoms with Gasteiger partial charge in [-0.15, -0.1) is 0 Å². The minimum absolute atomic E-state index is 0.203. The molecule has 154 valence electrons. The van der Waals surface area contributed by atoms with Gasteiger partial charge < -0.3 is 10.1 Å². The molecule has 4 rings (SSSR count). The van der Waals surface area contributed by atoms with Crippen molar-refractivity contribution in [2.45, 2.75) is 19.0 Å². The summed E-state index contributed by atoms with van der Waals surface area (Å²) < 4.78 is 6.20. The summed E-state index contributed by atoms with van der Waals surface area (Å²) in [6.07, 6.45) is 0. The number of nitrogens with one attached hydrogen (secondary N) is 1. The lowest BCUT2D eigenvalue weighted by molar-refractivity contribution is -0.123. The molecular formula is C20H18BrN5O4. The van der Waals surface area contributed by atoms with Crippen LogP contribution in [0.5, 0.6) is 5.75 Å². The molecular weight excluding hydrogens is 454 g/mol. The van der Waals surface area contributed by atoms with Crippen molar-refractivity contribution in [1.29, 1.82) is 0 Å². The summed E-state index contributed by atoms with van der Waals surface area (Å²) in [4.78, 5) is 39.1. The number of rotatable bonds is 6. The van der Waals surface area contributed by atoms with Gasteiger partial charge in [0.1, 0.15) is 12.3 Å². The Kier molecular flexibility index (Phi) is 5.49. The van der Waals surface area contributed by atoms with Gasteiger partial charge in [-0.2, -0.15) is 5.11 Å². The van der Waals surface area contributed by atoms with Gasteiger partial charge in [0.2, 0.25) is 5.91 Å². The van der Waals surface area contributed by atoms with E-state index in [1.165, 1.54) is 5.01 Å². The fourth-order valence-corrected chi connectivity index (χ4v) is 3.61. The predicted octanol–water partition coefficient (Wildman–Crippen LogP) is 2.78. The lowest BCUT2D eigenvalue weighted by Crippen LogP contribution is -2.43. The smallest absolute Gasteiger partial charge is 0.263 e. The van der Waals surface area contributed by atoms with Gasteiger partial charge in [0, 0.05) is 10.2 Å². The Morgan fingerprint density at radius 2 is 1.80 bits per heavy atom. The van der Waals surface area contributed by atoms with E-state index in [0.717, 1.165) is 9.37 Å². The van der Waals surface area contributed by atoms with Crippen LogP contribution in [0.1, 0.15) is 6.92 Å². The average molecular weight is 472 g/mol. The monoisotopic (exact) mass is 471 g/mol. The van der Waals surface area contributed by atoms with Crippen molar-refractivity contribution < 1.29 is 19.1 Å². The zero-order valence-electron chi connectivity index (χ0n) is 16.0. The van der Waals surface area contributed by atoms with E-state index < -0.39 is 23.9 Å². The number of benzene rings is 2. The summed E-state index contributed by atoms with van der Waals surface area (Å²) in [5.74, 6) is -0.576. The van der Waals surface area contributed by atoms with Gasteiger partial charge in [-0.25, -0.2) is 4.90 Å². The number of carbonyl (C=O) groups is 3. The molecule has 0 aromatic heterocycles. The van der Waals surface area contributed by atoms with Crippen LogP contribution in [0.2, 0.25) is 0 Å². The van der Waals surface area contributed by atoms with Crippen LogP contribution in [-0.2, 0) is 14.4 Å². The van der Waals surface area contributed by atoms with Crippen molar-refractivity contribution in [2.75, 3.05) is 23.4 Å². The van der Waals surface area contributed by atoms with E-state index in [-0.39, 0.29) is 12.5 Å². The zero-order valence-corrected chi connectivity index (χ0v) is 17.6. The molecule has 1 N–H and O–H groups in total. The fraction of sp³-hybridized carbons (Fsp3) is 0.250. The Bertz CT molecular complexity index is 1010. The van der Waals surface area contributed by atoms with Crippen molar-refractivity contribution in [3.63, 3.8) is 0 Å². The lowest BCUT2D eigenvalue weighted by Gasteiger charge is -2.20. The molecule has 1 fully saturated rings. The first-order chi connectivity index (χ1) is 14.5. The second-order valence-electron chi connectivity index (χ2n) is 6.69. The number of hydrogen-bond donors (Lipinski definition) is 1. The van der Waals surface area contributed by atoms with E-state index in [4.69, 9.17) is 4.74 Å². The van der Waals surface area contributed by atoms with Crippen molar-refractivity contribution in [2.24, 2.45) is 10.3 Å². The van der Waals surface area contributed by atoms with Crippen LogP contribution in [0.25, 0.3) is 0 Å². The highest BCUT2D eigenvalue weighted by Crippen LogP contribution is 2.32. The second kappa shape index (κ2) is 8.23. The molecule has 2 atom stereocenters. The third-order valence-electron chi connectivity index (χ3n) is 4.70. The van der Waals surface area contributed by atoms with Gasteiger partial charge >= 0.3 is 0 Å². The number of carbonyl (C=O) groups excluding carboxylic acids is 3. The normalized spacial score (nSPS) is 19.9. The Morgan fingerprint density at radius 3 is 2.47 bits per heavy atom. The van der Waals surface area contributed by atoms with Gasteiger partial charge in [0.15, 0.2) is 12.1 Å². The Morgan fingerprint density at radius 1 is 1.10 bits per heavy atom. The molecule has 9 nitrogen and oxygen atoms in total. The first-order valence-electron chi connectivity index (χ1n) is 9.31. The van der Waals surface area contributed by atoms with E-state index >= 15 is 0 Å². The molecule has 0 bridgehead atoms. The van der Waals surface area contributed by atoms with Crippen LogP contribution in [0.4, 0.5) is 11.4 Å². The number of anilines is 2. The molecule has 2 heterocycles. The highest BCUT2D eigenvalue weighted by Gasteiger charge is 2.55.